The molecule has 2 heterocycles. The second-order valence-corrected chi connectivity index (χ2v) is 4.34. The molecule has 0 atom stereocenters. The number of ether oxygens (including phenoxy) is 1. The van der Waals surface area contributed by atoms with Crippen molar-refractivity contribution in [1.82, 2.24) is 4.98 Å². The van der Waals surface area contributed by atoms with E-state index in [0.717, 1.165) is 0 Å². The molecule has 2 aromatic heterocycles. The van der Waals surface area contributed by atoms with Gasteiger partial charge in [0.1, 0.15) is 11.5 Å². The number of esters is 1. The number of nitro groups is 1. The predicted octanol–water partition coefficient (Wildman–Crippen LogP) is 3.12. The number of carbonyl (C=O) groups excluding carboxylic acids is 1. The molecule has 106 valence electrons. The fourth-order valence-corrected chi connectivity index (χ4v) is 2.12. The lowest BCUT2D eigenvalue weighted by Crippen LogP contribution is -2.00. The zero-order valence-electron chi connectivity index (χ0n) is 11.0. The molecule has 3 aromatic rings. The highest BCUT2D eigenvalue weighted by molar-refractivity contribution is 5.94. The van der Waals surface area contributed by atoms with Crippen LogP contribution in [0.5, 0.6) is 0 Å². The van der Waals surface area contributed by atoms with E-state index in [-0.39, 0.29) is 11.4 Å². The molecule has 1 aromatic carbocycles. The van der Waals surface area contributed by atoms with Crippen LogP contribution in [0.15, 0.2) is 40.8 Å². The van der Waals surface area contributed by atoms with Crippen LogP contribution in [0.1, 0.15) is 10.5 Å². The number of rotatable bonds is 3. The van der Waals surface area contributed by atoms with Crippen molar-refractivity contribution in [2.75, 3.05) is 7.11 Å². The number of nitro benzene ring substituents is 1. The Morgan fingerprint density at radius 2 is 2.10 bits per heavy atom. The van der Waals surface area contributed by atoms with Crippen LogP contribution in [-0.4, -0.2) is 23.0 Å². The van der Waals surface area contributed by atoms with Crippen LogP contribution in [-0.2, 0) is 4.74 Å². The molecule has 0 saturated carbocycles. The predicted molar refractivity (Wildman–Crippen MR) is 74.0 cm³/mol. The first kappa shape index (κ1) is 12.9. The number of nitrogens with zero attached hydrogens (tertiary/aromatic N) is 1. The molecule has 0 unspecified atom stereocenters. The SMILES string of the molecule is COC(=O)c1cc2oc(-c3ccccc3[N+](=O)[O-])cc2[nH]1. The number of aromatic amines is 1. The molecule has 0 fully saturated rings. The number of furan rings is 1. The maximum Gasteiger partial charge on any atom is 0.354 e. The summed E-state index contributed by atoms with van der Waals surface area (Å²) in [6.45, 7) is 0. The molecule has 0 spiro atoms. The number of para-hydroxylation sites is 1. The summed E-state index contributed by atoms with van der Waals surface area (Å²) >= 11 is 0. The molecule has 21 heavy (non-hydrogen) atoms. The monoisotopic (exact) mass is 286 g/mol. The molecule has 0 saturated heterocycles. The van der Waals surface area contributed by atoms with Crippen molar-refractivity contribution < 1.29 is 18.9 Å². The second kappa shape index (κ2) is 4.78. The number of carbonyl (C=O) groups is 1. The quantitative estimate of drug-likeness (QED) is 0.453. The Hall–Kier alpha value is -3.09. The third kappa shape index (κ3) is 2.14. The minimum Gasteiger partial charge on any atom is -0.464 e. The van der Waals surface area contributed by atoms with Crippen molar-refractivity contribution in [3.8, 4) is 11.3 Å². The Kier molecular flexibility index (Phi) is 2.94. The van der Waals surface area contributed by atoms with Crippen LogP contribution in [0.25, 0.3) is 22.4 Å². The number of H-pyrrole nitrogens is 1. The lowest BCUT2D eigenvalue weighted by Gasteiger charge is -1.98. The van der Waals surface area contributed by atoms with Gasteiger partial charge >= 0.3 is 5.97 Å². The number of hydrogen-bond donors (Lipinski definition) is 1. The van der Waals surface area contributed by atoms with Crippen LogP contribution in [0, 0.1) is 10.1 Å². The van der Waals surface area contributed by atoms with E-state index in [1.54, 1.807) is 24.3 Å². The van der Waals surface area contributed by atoms with Crippen molar-refractivity contribution in [3.05, 3.63) is 52.2 Å². The summed E-state index contributed by atoms with van der Waals surface area (Å²) in [6, 6.07) is 9.41. The minimum atomic E-state index is -0.506. The van der Waals surface area contributed by atoms with Crippen molar-refractivity contribution in [3.63, 3.8) is 0 Å². The van der Waals surface area contributed by atoms with Gasteiger partial charge in [0.15, 0.2) is 5.58 Å². The van der Waals surface area contributed by atoms with Gasteiger partial charge in [-0.25, -0.2) is 4.79 Å². The normalized spacial score (nSPS) is 10.7. The largest absolute Gasteiger partial charge is 0.464 e. The van der Waals surface area contributed by atoms with Crippen molar-refractivity contribution in [1.29, 1.82) is 0 Å². The first-order chi connectivity index (χ1) is 10.1. The van der Waals surface area contributed by atoms with E-state index in [1.807, 2.05) is 0 Å². The molecule has 0 bridgehead atoms. The molecule has 0 amide bonds. The molecule has 7 nitrogen and oxygen atoms in total. The Morgan fingerprint density at radius 3 is 2.76 bits per heavy atom. The Labute approximate surface area is 118 Å². The lowest BCUT2D eigenvalue weighted by molar-refractivity contribution is -0.384. The standard InChI is InChI=1S/C14H10N2O5/c1-20-14(17)10-7-13-9(15-10)6-12(21-13)8-4-2-3-5-11(8)16(18)19/h2-7,15H,1H3. The van der Waals surface area contributed by atoms with E-state index < -0.39 is 10.9 Å². The van der Waals surface area contributed by atoms with Gasteiger partial charge < -0.3 is 14.1 Å². The van der Waals surface area contributed by atoms with E-state index in [9.17, 15) is 14.9 Å². The maximum absolute atomic E-state index is 11.4. The third-order valence-electron chi connectivity index (χ3n) is 3.08. The van der Waals surface area contributed by atoms with E-state index in [4.69, 9.17) is 4.42 Å². The summed E-state index contributed by atoms with van der Waals surface area (Å²) in [4.78, 5) is 24.8. The maximum atomic E-state index is 11.4. The lowest BCUT2D eigenvalue weighted by atomic mass is 10.1. The Morgan fingerprint density at radius 1 is 1.33 bits per heavy atom. The Bertz CT molecular complexity index is 815. The average Bonchev–Trinajstić information content (AvgIpc) is 3.04. The molecule has 3 rings (SSSR count). The van der Waals surface area contributed by atoms with Gasteiger partial charge in [-0.05, 0) is 6.07 Å². The second-order valence-electron chi connectivity index (χ2n) is 4.34. The van der Waals surface area contributed by atoms with E-state index >= 15 is 0 Å². The van der Waals surface area contributed by atoms with Gasteiger partial charge in [-0.1, -0.05) is 12.1 Å². The van der Waals surface area contributed by atoms with Crippen molar-refractivity contribution in [2.45, 2.75) is 0 Å². The summed E-state index contributed by atoms with van der Waals surface area (Å²) in [7, 11) is 1.28. The number of benzene rings is 1. The van der Waals surface area contributed by atoms with Gasteiger partial charge in [0.25, 0.3) is 5.69 Å². The van der Waals surface area contributed by atoms with E-state index in [1.165, 1.54) is 19.2 Å². The van der Waals surface area contributed by atoms with Crippen LogP contribution in [0.2, 0.25) is 0 Å². The van der Waals surface area contributed by atoms with Crippen LogP contribution >= 0.6 is 0 Å². The molecular weight excluding hydrogens is 276 g/mol. The fourth-order valence-electron chi connectivity index (χ4n) is 2.12. The zero-order valence-corrected chi connectivity index (χ0v) is 11.0. The first-order valence-corrected chi connectivity index (χ1v) is 6.05. The number of methoxy groups -OCH3 is 1. The topological polar surface area (TPSA) is 98.4 Å². The molecule has 0 aliphatic rings. The number of aromatic nitrogens is 1. The summed E-state index contributed by atoms with van der Waals surface area (Å²) in [6.07, 6.45) is 0. The highest BCUT2D eigenvalue weighted by Crippen LogP contribution is 2.33. The highest BCUT2D eigenvalue weighted by atomic mass is 16.6. The molecule has 0 radical (unpaired) electrons. The van der Waals surface area contributed by atoms with E-state index in [0.29, 0.717) is 22.4 Å². The van der Waals surface area contributed by atoms with Gasteiger partial charge in [-0.2, -0.15) is 0 Å². The smallest absolute Gasteiger partial charge is 0.354 e. The summed E-state index contributed by atoms with van der Waals surface area (Å²) < 4.78 is 10.2. The summed E-state index contributed by atoms with van der Waals surface area (Å²) in [5.74, 6) is -0.145. The van der Waals surface area contributed by atoms with Gasteiger partial charge in [0, 0.05) is 18.2 Å². The van der Waals surface area contributed by atoms with Crippen molar-refractivity contribution >= 4 is 22.8 Å². The van der Waals surface area contributed by atoms with Crippen LogP contribution in [0.3, 0.4) is 0 Å². The number of fused-ring (bicyclic) bond motifs is 1. The molecule has 0 aliphatic heterocycles. The summed E-state index contributed by atoms with van der Waals surface area (Å²) in [5.41, 5.74) is 1.61. The molecule has 1 N–H and O–H groups in total. The van der Waals surface area contributed by atoms with Gasteiger partial charge in [-0.15, -0.1) is 0 Å². The first-order valence-electron chi connectivity index (χ1n) is 6.05. The van der Waals surface area contributed by atoms with E-state index in [2.05, 4.69) is 9.72 Å². The van der Waals surface area contributed by atoms with Crippen LogP contribution < -0.4 is 0 Å². The zero-order chi connectivity index (χ0) is 15.0. The van der Waals surface area contributed by atoms with Crippen molar-refractivity contribution in [2.24, 2.45) is 0 Å². The van der Waals surface area contributed by atoms with Gasteiger partial charge in [-0.3, -0.25) is 10.1 Å². The number of nitrogens with one attached hydrogen (secondary N) is 1. The minimum absolute atomic E-state index is 0.0397. The highest BCUT2D eigenvalue weighted by Gasteiger charge is 2.19. The molecule has 7 heteroatoms. The van der Waals surface area contributed by atoms with Crippen LogP contribution in [0.4, 0.5) is 5.69 Å². The summed E-state index contributed by atoms with van der Waals surface area (Å²) in [5, 5.41) is 11.0. The van der Waals surface area contributed by atoms with Gasteiger partial charge in [0.05, 0.1) is 23.1 Å². The Balaban J connectivity index is 2.08. The average molecular weight is 286 g/mol. The third-order valence-corrected chi connectivity index (χ3v) is 3.08. The molecular formula is C14H10N2O5. The fraction of sp³-hybridized carbons (Fsp3) is 0.0714. The number of hydrogen-bond acceptors (Lipinski definition) is 5. The molecule has 0 aliphatic carbocycles. The van der Waals surface area contributed by atoms with Gasteiger partial charge in [0.2, 0.25) is 0 Å².